The van der Waals surface area contributed by atoms with Crippen molar-refractivity contribution in [2.75, 3.05) is 16.4 Å². The van der Waals surface area contributed by atoms with E-state index in [2.05, 4.69) is 35.8 Å². The SMILES string of the molecule is Nc1ccnc(-c2ccncc2-c2ccccc2NC(=O)Nc2ccc(-c3ccccc3)nn2)n1. The van der Waals surface area contributed by atoms with Crippen molar-refractivity contribution in [2.45, 2.75) is 0 Å². The number of hydrogen-bond acceptors (Lipinski definition) is 7. The van der Waals surface area contributed by atoms with Crippen LogP contribution in [0.15, 0.2) is 97.5 Å². The predicted molar refractivity (Wildman–Crippen MR) is 135 cm³/mol. The minimum Gasteiger partial charge on any atom is -0.384 e. The summed E-state index contributed by atoms with van der Waals surface area (Å²) in [5.74, 6) is 1.16. The number of urea groups is 1. The molecule has 0 spiro atoms. The lowest BCUT2D eigenvalue weighted by Crippen LogP contribution is -2.20. The van der Waals surface area contributed by atoms with E-state index in [0.29, 0.717) is 23.1 Å². The molecule has 2 amide bonds. The average Bonchev–Trinajstić information content (AvgIpc) is 2.90. The number of nitrogens with one attached hydrogen (secondary N) is 2. The van der Waals surface area contributed by atoms with Crippen LogP contribution in [0.4, 0.5) is 22.1 Å². The number of pyridine rings is 1. The van der Waals surface area contributed by atoms with Crippen LogP contribution in [0.25, 0.3) is 33.8 Å². The first-order chi connectivity index (χ1) is 17.2. The van der Waals surface area contributed by atoms with Crippen LogP contribution >= 0.6 is 0 Å². The van der Waals surface area contributed by atoms with Crippen molar-refractivity contribution in [2.24, 2.45) is 0 Å². The zero-order valence-corrected chi connectivity index (χ0v) is 18.5. The number of carbonyl (C=O) groups is 1. The molecule has 0 atom stereocenters. The molecule has 0 saturated carbocycles. The van der Waals surface area contributed by atoms with Crippen molar-refractivity contribution in [3.8, 4) is 33.8 Å². The summed E-state index contributed by atoms with van der Waals surface area (Å²) in [4.78, 5) is 25.7. The van der Waals surface area contributed by atoms with E-state index in [-0.39, 0.29) is 0 Å². The third-order valence-corrected chi connectivity index (χ3v) is 5.18. The van der Waals surface area contributed by atoms with Crippen LogP contribution in [0, 0.1) is 0 Å². The molecule has 0 saturated heterocycles. The fraction of sp³-hybridized carbons (Fsp3) is 0. The van der Waals surface area contributed by atoms with Gasteiger partial charge in [-0.1, -0.05) is 48.5 Å². The van der Waals surface area contributed by atoms with Gasteiger partial charge in [0.2, 0.25) is 0 Å². The highest BCUT2D eigenvalue weighted by Crippen LogP contribution is 2.34. The topological polar surface area (TPSA) is 132 Å². The van der Waals surface area contributed by atoms with Gasteiger partial charge in [-0.25, -0.2) is 14.8 Å². The van der Waals surface area contributed by atoms with Crippen molar-refractivity contribution in [1.29, 1.82) is 0 Å². The molecular formula is C26H20N8O. The quantitative estimate of drug-likeness (QED) is 0.340. The molecule has 2 aromatic carbocycles. The third-order valence-electron chi connectivity index (χ3n) is 5.18. The van der Waals surface area contributed by atoms with Crippen molar-refractivity contribution < 1.29 is 4.79 Å². The Bertz CT molecular complexity index is 1470. The van der Waals surface area contributed by atoms with E-state index in [1.54, 1.807) is 42.9 Å². The van der Waals surface area contributed by atoms with Gasteiger partial charge in [-0.05, 0) is 30.3 Å². The van der Waals surface area contributed by atoms with Crippen LogP contribution in [0.3, 0.4) is 0 Å². The maximum Gasteiger partial charge on any atom is 0.324 e. The Kier molecular flexibility index (Phi) is 6.03. The van der Waals surface area contributed by atoms with Gasteiger partial charge in [0, 0.05) is 40.8 Å². The second-order valence-corrected chi connectivity index (χ2v) is 7.52. The number of nitrogen functional groups attached to an aromatic ring is 1. The van der Waals surface area contributed by atoms with Crippen LogP contribution in [0.5, 0.6) is 0 Å². The Balaban J connectivity index is 1.38. The van der Waals surface area contributed by atoms with E-state index in [1.807, 2.05) is 54.6 Å². The van der Waals surface area contributed by atoms with Crippen LogP contribution in [-0.2, 0) is 0 Å². The Hall–Kier alpha value is -5.18. The van der Waals surface area contributed by atoms with Gasteiger partial charge in [-0.3, -0.25) is 10.3 Å². The first kappa shape index (κ1) is 21.7. The normalized spacial score (nSPS) is 10.5. The number of benzene rings is 2. The van der Waals surface area contributed by atoms with Gasteiger partial charge in [0.15, 0.2) is 11.6 Å². The summed E-state index contributed by atoms with van der Waals surface area (Å²) in [7, 11) is 0. The van der Waals surface area contributed by atoms with Gasteiger partial charge >= 0.3 is 6.03 Å². The monoisotopic (exact) mass is 460 g/mol. The minimum atomic E-state index is -0.454. The molecule has 35 heavy (non-hydrogen) atoms. The summed E-state index contributed by atoms with van der Waals surface area (Å²) in [6.07, 6.45) is 4.96. The number of para-hydroxylation sites is 1. The van der Waals surface area contributed by atoms with Crippen LogP contribution in [-0.4, -0.2) is 31.2 Å². The molecule has 4 N–H and O–H groups in total. The highest BCUT2D eigenvalue weighted by molar-refractivity contribution is 6.02. The lowest BCUT2D eigenvalue weighted by Gasteiger charge is -2.14. The average molecular weight is 461 g/mol. The first-order valence-corrected chi connectivity index (χ1v) is 10.8. The first-order valence-electron chi connectivity index (χ1n) is 10.8. The van der Waals surface area contributed by atoms with E-state index >= 15 is 0 Å². The molecule has 5 rings (SSSR count). The molecule has 0 aliphatic carbocycles. The molecule has 5 aromatic rings. The maximum absolute atomic E-state index is 12.8. The third kappa shape index (κ3) is 4.93. The van der Waals surface area contributed by atoms with Gasteiger partial charge in [-0.15, -0.1) is 10.2 Å². The summed E-state index contributed by atoms with van der Waals surface area (Å²) in [5.41, 5.74) is 10.3. The number of nitrogens with two attached hydrogens (primary N) is 1. The Morgan fingerprint density at radius 1 is 0.743 bits per heavy atom. The molecule has 9 heteroatoms. The summed E-state index contributed by atoms with van der Waals surface area (Å²) in [6.45, 7) is 0. The fourth-order valence-corrected chi connectivity index (χ4v) is 3.57. The molecule has 0 fully saturated rings. The number of amides is 2. The molecule has 170 valence electrons. The lowest BCUT2D eigenvalue weighted by molar-refractivity contribution is 0.262. The van der Waals surface area contributed by atoms with Gasteiger partial charge in [-0.2, -0.15) is 0 Å². The van der Waals surface area contributed by atoms with Gasteiger partial charge in [0.05, 0.1) is 11.4 Å². The smallest absolute Gasteiger partial charge is 0.324 e. The van der Waals surface area contributed by atoms with E-state index in [0.717, 1.165) is 27.9 Å². The highest BCUT2D eigenvalue weighted by atomic mass is 16.2. The molecule has 0 aliphatic heterocycles. The molecule has 3 heterocycles. The van der Waals surface area contributed by atoms with Crippen molar-refractivity contribution in [3.05, 3.63) is 97.5 Å². The summed E-state index contributed by atoms with van der Waals surface area (Å²) < 4.78 is 0. The van der Waals surface area contributed by atoms with Gasteiger partial charge < -0.3 is 11.1 Å². The van der Waals surface area contributed by atoms with E-state index in [9.17, 15) is 4.79 Å². The molecular weight excluding hydrogens is 440 g/mol. The number of hydrogen-bond donors (Lipinski definition) is 3. The minimum absolute atomic E-state index is 0.329. The predicted octanol–water partition coefficient (Wildman–Crippen LogP) is 4.89. The number of anilines is 3. The molecule has 3 aromatic heterocycles. The largest absolute Gasteiger partial charge is 0.384 e. The van der Waals surface area contributed by atoms with E-state index in [1.165, 1.54) is 0 Å². The molecule has 9 nitrogen and oxygen atoms in total. The molecule has 0 bridgehead atoms. The summed E-state index contributed by atoms with van der Waals surface area (Å²) in [5, 5.41) is 13.9. The molecule has 0 unspecified atom stereocenters. The maximum atomic E-state index is 12.8. The zero-order valence-electron chi connectivity index (χ0n) is 18.5. The number of rotatable bonds is 5. The van der Waals surface area contributed by atoms with E-state index in [4.69, 9.17) is 5.73 Å². The fourth-order valence-electron chi connectivity index (χ4n) is 3.57. The molecule has 0 aliphatic rings. The van der Waals surface area contributed by atoms with Crippen LogP contribution in [0.2, 0.25) is 0 Å². The van der Waals surface area contributed by atoms with E-state index < -0.39 is 6.03 Å². The lowest BCUT2D eigenvalue weighted by atomic mass is 10.00. The Labute approximate surface area is 201 Å². The summed E-state index contributed by atoms with van der Waals surface area (Å²) in [6, 6.07) is 23.6. The van der Waals surface area contributed by atoms with Crippen LogP contribution in [0.1, 0.15) is 0 Å². The van der Waals surface area contributed by atoms with Crippen LogP contribution < -0.4 is 16.4 Å². The van der Waals surface area contributed by atoms with Crippen molar-refractivity contribution in [3.63, 3.8) is 0 Å². The number of nitrogens with zero attached hydrogens (tertiary/aromatic N) is 5. The van der Waals surface area contributed by atoms with Crippen molar-refractivity contribution >= 4 is 23.4 Å². The standard InChI is InChI=1S/C26H20N8O/c27-23-13-15-29-25(31-23)19-12-14-28-16-20(19)18-8-4-5-9-22(18)30-26(35)32-24-11-10-21(33-34-24)17-6-2-1-3-7-17/h1-16H,(H2,27,29,31)(H2,30,32,34,35). The second kappa shape index (κ2) is 9.75. The Morgan fingerprint density at radius 3 is 2.37 bits per heavy atom. The van der Waals surface area contributed by atoms with Gasteiger partial charge in [0.25, 0.3) is 0 Å². The Morgan fingerprint density at radius 2 is 1.57 bits per heavy atom. The number of aromatic nitrogens is 5. The number of carbonyl (C=O) groups excluding carboxylic acids is 1. The molecule has 0 radical (unpaired) electrons. The summed E-state index contributed by atoms with van der Waals surface area (Å²) >= 11 is 0. The van der Waals surface area contributed by atoms with Crippen molar-refractivity contribution in [1.82, 2.24) is 25.1 Å². The zero-order chi connectivity index (χ0) is 24.0. The second-order valence-electron chi connectivity index (χ2n) is 7.52. The van der Waals surface area contributed by atoms with Gasteiger partial charge in [0.1, 0.15) is 5.82 Å². The highest BCUT2D eigenvalue weighted by Gasteiger charge is 2.15.